The van der Waals surface area contributed by atoms with Crippen molar-refractivity contribution in [3.8, 4) is 0 Å². The van der Waals surface area contributed by atoms with Gasteiger partial charge in [0.25, 0.3) is 0 Å². The van der Waals surface area contributed by atoms with Crippen LogP contribution in [0.4, 0.5) is 11.8 Å². The summed E-state index contributed by atoms with van der Waals surface area (Å²) in [6, 6.07) is 7.57. The van der Waals surface area contributed by atoms with Crippen molar-refractivity contribution in [2.24, 2.45) is 0 Å². The Morgan fingerprint density at radius 2 is 2.17 bits per heavy atom. The first kappa shape index (κ1) is 16.6. The molecular formula is C16H21N5O2S. The van der Waals surface area contributed by atoms with E-state index >= 15 is 0 Å². The smallest absolute Gasteiger partial charge is 0.225 e. The lowest BCUT2D eigenvalue weighted by Gasteiger charge is -2.25. The van der Waals surface area contributed by atoms with Crippen molar-refractivity contribution in [1.29, 1.82) is 0 Å². The van der Waals surface area contributed by atoms with Crippen LogP contribution in [-0.2, 0) is 16.4 Å². The molecule has 0 aromatic carbocycles. The molecule has 1 saturated heterocycles. The third-order valence-corrected chi connectivity index (χ3v) is 5.86. The molecule has 3 heterocycles. The largest absolute Gasteiger partial charge is 0.355 e. The molecule has 0 bridgehead atoms. The van der Waals surface area contributed by atoms with Gasteiger partial charge in [-0.25, -0.2) is 13.4 Å². The van der Waals surface area contributed by atoms with Gasteiger partial charge in [0, 0.05) is 31.0 Å². The van der Waals surface area contributed by atoms with Gasteiger partial charge in [0.15, 0.2) is 9.84 Å². The van der Waals surface area contributed by atoms with Gasteiger partial charge in [-0.15, -0.1) is 0 Å². The Hall–Kier alpha value is -2.22. The van der Waals surface area contributed by atoms with Crippen molar-refractivity contribution in [3.63, 3.8) is 0 Å². The van der Waals surface area contributed by atoms with Gasteiger partial charge >= 0.3 is 0 Å². The minimum atomic E-state index is -2.92. The predicted molar refractivity (Wildman–Crippen MR) is 93.8 cm³/mol. The van der Waals surface area contributed by atoms with Crippen LogP contribution < -0.4 is 10.2 Å². The Bertz CT molecular complexity index is 810. The molecule has 2 aromatic heterocycles. The fourth-order valence-corrected chi connectivity index (χ4v) is 4.53. The Morgan fingerprint density at radius 1 is 1.33 bits per heavy atom. The number of nitrogens with zero attached hydrogens (tertiary/aromatic N) is 4. The van der Waals surface area contributed by atoms with Gasteiger partial charge < -0.3 is 10.2 Å². The standard InChI is InChI=1S/C16H21N5O2S/c1-12-9-15(21(2)14-6-8-24(22,23)11-14)20-16(19-12)18-10-13-5-3-4-7-17-13/h3-5,7,9,14H,6,8,10-11H2,1-2H3,(H,18,19,20). The molecule has 8 heteroatoms. The number of rotatable bonds is 5. The Balaban J connectivity index is 1.74. The van der Waals surface area contributed by atoms with Crippen LogP contribution in [0.25, 0.3) is 0 Å². The van der Waals surface area contributed by atoms with E-state index in [1.807, 2.05) is 43.1 Å². The highest BCUT2D eigenvalue weighted by Gasteiger charge is 2.31. The zero-order valence-corrected chi connectivity index (χ0v) is 14.6. The van der Waals surface area contributed by atoms with Crippen LogP contribution in [0.1, 0.15) is 17.8 Å². The quantitative estimate of drug-likeness (QED) is 0.875. The van der Waals surface area contributed by atoms with E-state index in [1.54, 1.807) is 6.20 Å². The van der Waals surface area contributed by atoms with Gasteiger partial charge in [0.1, 0.15) is 5.82 Å². The van der Waals surface area contributed by atoms with Gasteiger partial charge in [-0.2, -0.15) is 4.98 Å². The number of pyridine rings is 1. The fraction of sp³-hybridized carbons (Fsp3) is 0.438. The zero-order chi connectivity index (χ0) is 17.2. The third-order valence-electron chi connectivity index (χ3n) is 4.11. The van der Waals surface area contributed by atoms with Crippen molar-refractivity contribution in [2.45, 2.75) is 25.9 Å². The van der Waals surface area contributed by atoms with Gasteiger partial charge in [0.05, 0.1) is 23.7 Å². The van der Waals surface area contributed by atoms with E-state index in [0.29, 0.717) is 18.9 Å². The number of nitrogens with one attached hydrogen (secondary N) is 1. The van der Waals surface area contributed by atoms with E-state index in [9.17, 15) is 8.42 Å². The molecule has 24 heavy (non-hydrogen) atoms. The van der Waals surface area contributed by atoms with E-state index < -0.39 is 9.84 Å². The number of hydrogen-bond acceptors (Lipinski definition) is 7. The van der Waals surface area contributed by atoms with E-state index in [-0.39, 0.29) is 17.5 Å². The number of sulfone groups is 1. The van der Waals surface area contributed by atoms with Gasteiger partial charge in [0.2, 0.25) is 5.95 Å². The lowest BCUT2D eigenvalue weighted by Crippen LogP contribution is -2.33. The van der Waals surface area contributed by atoms with Crippen LogP contribution >= 0.6 is 0 Å². The average Bonchev–Trinajstić information content (AvgIpc) is 2.93. The van der Waals surface area contributed by atoms with E-state index in [0.717, 1.165) is 17.2 Å². The summed E-state index contributed by atoms with van der Waals surface area (Å²) in [6.45, 7) is 2.43. The average molecular weight is 347 g/mol. The molecule has 0 spiro atoms. The lowest BCUT2D eigenvalue weighted by atomic mass is 10.2. The van der Waals surface area contributed by atoms with Gasteiger partial charge in [-0.3, -0.25) is 4.98 Å². The van der Waals surface area contributed by atoms with Crippen molar-refractivity contribution in [1.82, 2.24) is 15.0 Å². The summed E-state index contributed by atoms with van der Waals surface area (Å²) in [7, 11) is -1.04. The minimum absolute atomic E-state index is 0.0343. The number of aryl methyl sites for hydroxylation is 1. The molecule has 3 rings (SSSR count). The molecule has 1 N–H and O–H groups in total. The fourth-order valence-electron chi connectivity index (χ4n) is 2.75. The molecule has 7 nitrogen and oxygen atoms in total. The molecule has 1 aliphatic heterocycles. The lowest BCUT2D eigenvalue weighted by molar-refractivity contribution is 0.600. The maximum Gasteiger partial charge on any atom is 0.225 e. The zero-order valence-electron chi connectivity index (χ0n) is 13.8. The second kappa shape index (κ2) is 6.72. The Labute approximate surface area is 142 Å². The van der Waals surface area contributed by atoms with Gasteiger partial charge in [-0.05, 0) is 25.5 Å². The Morgan fingerprint density at radius 3 is 2.83 bits per heavy atom. The van der Waals surface area contributed by atoms with Crippen molar-refractivity contribution in [2.75, 3.05) is 28.8 Å². The second-order valence-electron chi connectivity index (χ2n) is 6.03. The number of anilines is 2. The monoisotopic (exact) mass is 347 g/mol. The van der Waals surface area contributed by atoms with E-state index in [2.05, 4.69) is 20.3 Å². The molecular weight excluding hydrogens is 326 g/mol. The third kappa shape index (κ3) is 4.00. The summed E-state index contributed by atoms with van der Waals surface area (Å²) in [5, 5.41) is 3.17. The summed E-state index contributed by atoms with van der Waals surface area (Å²) in [5.74, 6) is 1.68. The summed E-state index contributed by atoms with van der Waals surface area (Å²) in [5.41, 5.74) is 1.73. The van der Waals surface area contributed by atoms with Crippen molar-refractivity contribution in [3.05, 3.63) is 41.9 Å². The molecule has 0 radical (unpaired) electrons. The molecule has 0 amide bonds. The molecule has 0 saturated carbocycles. The molecule has 1 atom stereocenters. The minimum Gasteiger partial charge on any atom is -0.355 e. The number of aromatic nitrogens is 3. The first-order chi connectivity index (χ1) is 11.4. The van der Waals surface area contributed by atoms with Crippen LogP contribution in [0.3, 0.4) is 0 Å². The molecule has 1 aliphatic rings. The highest BCUT2D eigenvalue weighted by molar-refractivity contribution is 7.91. The molecule has 0 aliphatic carbocycles. The summed E-state index contributed by atoms with van der Waals surface area (Å²) in [6.07, 6.45) is 2.38. The highest BCUT2D eigenvalue weighted by Crippen LogP contribution is 2.22. The van der Waals surface area contributed by atoms with E-state index in [4.69, 9.17) is 0 Å². The van der Waals surface area contributed by atoms with Crippen LogP contribution in [-0.4, -0.2) is 48.0 Å². The normalized spacial score (nSPS) is 19.2. The maximum atomic E-state index is 11.7. The Kier molecular flexibility index (Phi) is 4.66. The van der Waals surface area contributed by atoms with E-state index in [1.165, 1.54) is 0 Å². The van der Waals surface area contributed by atoms with Crippen LogP contribution in [0.15, 0.2) is 30.5 Å². The SMILES string of the molecule is Cc1cc(N(C)C2CCS(=O)(=O)C2)nc(NCc2ccccn2)n1. The first-order valence-electron chi connectivity index (χ1n) is 7.86. The molecule has 2 aromatic rings. The highest BCUT2D eigenvalue weighted by atomic mass is 32.2. The summed E-state index contributed by atoms with van der Waals surface area (Å²) >= 11 is 0. The van der Waals surface area contributed by atoms with Gasteiger partial charge in [-0.1, -0.05) is 6.07 Å². The molecule has 128 valence electrons. The van der Waals surface area contributed by atoms with Crippen molar-refractivity contribution < 1.29 is 8.42 Å². The molecule has 1 fully saturated rings. The maximum absolute atomic E-state index is 11.7. The summed E-state index contributed by atoms with van der Waals surface area (Å²) < 4.78 is 23.4. The predicted octanol–water partition coefficient (Wildman–Crippen LogP) is 1.42. The second-order valence-corrected chi connectivity index (χ2v) is 8.26. The van der Waals surface area contributed by atoms with Crippen LogP contribution in [0, 0.1) is 6.92 Å². The molecule has 1 unspecified atom stereocenters. The van der Waals surface area contributed by atoms with Crippen LogP contribution in [0.2, 0.25) is 0 Å². The first-order valence-corrected chi connectivity index (χ1v) is 9.68. The number of hydrogen-bond donors (Lipinski definition) is 1. The topological polar surface area (TPSA) is 88.1 Å². The van der Waals surface area contributed by atoms with Crippen molar-refractivity contribution >= 4 is 21.6 Å². The van der Waals surface area contributed by atoms with Crippen LogP contribution in [0.5, 0.6) is 0 Å². The summed E-state index contributed by atoms with van der Waals surface area (Å²) in [4.78, 5) is 15.1.